The molecule has 0 saturated carbocycles. The summed E-state index contributed by atoms with van der Waals surface area (Å²) in [4.78, 5) is 0. The van der Waals surface area contributed by atoms with Crippen molar-refractivity contribution in [2.75, 3.05) is 6.61 Å². The minimum atomic E-state index is 0.652. The van der Waals surface area contributed by atoms with Crippen molar-refractivity contribution in [3.63, 3.8) is 0 Å². The van der Waals surface area contributed by atoms with Gasteiger partial charge in [0.05, 0.1) is 18.2 Å². The second kappa shape index (κ2) is 11.3. The van der Waals surface area contributed by atoms with Crippen LogP contribution < -0.4 is 4.74 Å². The van der Waals surface area contributed by atoms with Crippen LogP contribution >= 0.6 is 0 Å². The Morgan fingerprint density at radius 3 is 2.03 bits per heavy atom. The molecule has 0 spiro atoms. The van der Waals surface area contributed by atoms with E-state index in [0.29, 0.717) is 5.57 Å². The largest absolute Gasteiger partial charge is 0.494 e. The lowest BCUT2D eigenvalue weighted by Gasteiger charge is -2.10. The number of benzene rings is 4. The molecule has 2 nitrogen and oxygen atoms in total. The highest BCUT2D eigenvalue weighted by atomic mass is 16.5. The van der Waals surface area contributed by atoms with Crippen molar-refractivity contribution in [3.05, 3.63) is 90.0 Å². The molecule has 0 bridgehead atoms. The van der Waals surface area contributed by atoms with E-state index in [1.54, 1.807) is 0 Å². The Balaban J connectivity index is 1.54. The van der Waals surface area contributed by atoms with Gasteiger partial charge in [0.25, 0.3) is 0 Å². The van der Waals surface area contributed by atoms with Crippen LogP contribution in [0.2, 0.25) is 0 Å². The van der Waals surface area contributed by atoms with Gasteiger partial charge in [-0.05, 0) is 75.5 Å². The molecular formula is C31H31NO. The minimum absolute atomic E-state index is 0.652. The predicted molar refractivity (Wildman–Crippen MR) is 140 cm³/mol. The molecule has 2 heteroatoms. The van der Waals surface area contributed by atoms with E-state index >= 15 is 0 Å². The van der Waals surface area contributed by atoms with Crippen LogP contribution in [0.5, 0.6) is 5.75 Å². The van der Waals surface area contributed by atoms with E-state index in [9.17, 15) is 5.26 Å². The summed E-state index contributed by atoms with van der Waals surface area (Å²) in [7, 11) is 0. The molecule has 0 fully saturated rings. The van der Waals surface area contributed by atoms with Crippen LogP contribution in [-0.4, -0.2) is 6.61 Å². The molecule has 4 aromatic carbocycles. The maximum absolute atomic E-state index is 9.97. The monoisotopic (exact) mass is 433 g/mol. The first-order valence-electron chi connectivity index (χ1n) is 12.1. The molecule has 4 rings (SSSR count). The van der Waals surface area contributed by atoms with Crippen molar-refractivity contribution in [2.24, 2.45) is 0 Å². The molecule has 0 amide bonds. The first-order chi connectivity index (χ1) is 16.3. The summed E-state index contributed by atoms with van der Waals surface area (Å²) in [6.07, 6.45) is 9.54. The average molecular weight is 434 g/mol. The lowest BCUT2D eigenvalue weighted by atomic mass is 9.94. The topological polar surface area (TPSA) is 33.0 Å². The van der Waals surface area contributed by atoms with Crippen molar-refractivity contribution in [1.82, 2.24) is 0 Å². The van der Waals surface area contributed by atoms with Crippen LogP contribution in [-0.2, 0) is 0 Å². The average Bonchev–Trinajstić information content (AvgIpc) is 2.86. The number of nitriles is 1. The number of nitrogens with zero attached hydrogens (tertiary/aromatic N) is 1. The van der Waals surface area contributed by atoms with Crippen LogP contribution in [0.25, 0.3) is 33.2 Å². The number of hydrogen-bond acceptors (Lipinski definition) is 2. The fourth-order valence-electron chi connectivity index (χ4n) is 4.33. The molecule has 0 unspecified atom stereocenters. The van der Waals surface area contributed by atoms with Crippen LogP contribution in [0.4, 0.5) is 0 Å². The summed E-state index contributed by atoms with van der Waals surface area (Å²) in [5.41, 5.74) is 2.64. The smallest absolute Gasteiger partial charge is 0.119 e. The van der Waals surface area contributed by atoms with Gasteiger partial charge in [0.2, 0.25) is 0 Å². The molecule has 0 heterocycles. The van der Waals surface area contributed by atoms with E-state index in [-0.39, 0.29) is 0 Å². The van der Waals surface area contributed by atoms with E-state index < -0.39 is 0 Å². The summed E-state index contributed by atoms with van der Waals surface area (Å²) in [5, 5.41) is 14.6. The molecule has 4 aromatic rings. The van der Waals surface area contributed by atoms with Crippen LogP contribution in [0, 0.1) is 11.3 Å². The van der Waals surface area contributed by atoms with Gasteiger partial charge >= 0.3 is 0 Å². The van der Waals surface area contributed by atoms with Crippen molar-refractivity contribution < 1.29 is 4.74 Å². The van der Waals surface area contributed by atoms with E-state index in [2.05, 4.69) is 67.6 Å². The maximum Gasteiger partial charge on any atom is 0.119 e. The fourth-order valence-corrected chi connectivity index (χ4v) is 4.33. The van der Waals surface area contributed by atoms with E-state index in [1.165, 1.54) is 42.9 Å². The van der Waals surface area contributed by atoms with Gasteiger partial charge in [0, 0.05) is 0 Å². The third kappa shape index (κ3) is 5.62. The zero-order valence-electron chi connectivity index (χ0n) is 19.4. The molecule has 0 aliphatic carbocycles. The normalized spacial score (nSPS) is 11.6. The predicted octanol–water partition coefficient (Wildman–Crippen LogP) is 8.80. The van der Waals surface area contributed by atoms with Gasteiger partial charge in [-0.3, -0.25) is 0 Å². The fraction of sp³-hybridized carbons (Fsp3) is 0.258. The van der Waals surface area contributed by atoms with Crippen molar-refractivity contribution in [3.8, 4) is 11.8 Å². The zero-order chi connectivity index (χ0) is 22.9. The maximum atomic E-state index is 9.97. The number of hydrogen-bond donors (Lipinski definition) is 0. The Hall–Kier alpha value is -3.57. The minimum Gasteiger partial charge on any atom is -0.494 e. The zero-order valence-corrected chi connectivity index (χ0v) is 19.4. The van der Waals surface area contributed by atoms with Gasteiger partial charge in [-0.25, -0.2) is 0 Å². The molecule has 0 aliphatic heterocycles. The molecule has 0 radical (unpaired) electrons. The third-order valence-corrected chi connectivity index (χ3v) is 6.15. The van der Waals surface area contributed by atoms with E-state index in [0.717, 1.165) is 40.7 Å². The van der Waals surface area contributed by atoms with Gasteiger partial charge in [0.1, 0.15) is 5.75 Å². The molecule has 0 atom stereocenters. The summed E-state index contributed by atoms with van der Waals surface area (Å²) < 4.78 is 5.91. The highest BCUT2D eigenvalue weighted by Gasteiger charge is 2.08. The lowest BCUT2D eigenvalue weighted by molar-refractivity contribution is 0.304. The van der Waals surface area contributed by atoms with Gasteiger partial charge in [-0.15, -0.1) is 0 Å². The molecule has 0 N–H and O–H groups in total. The Kier molecular flexibility index (Phi) is 7.77. The Morgan fingerprint density at radius 2 is 1.39 bits per heavy atom. The van der Waals surface area contributed by atoms with Gasteiger partial charge in [-0.1, -0.05) is 87.6 Å². The Bertz CT molecular complexity index is 1220. The number of allylic oxidation sites excluding steroid dienone is 1. The standard InChI is InChI=1S/C31H31NO/c1-2-3-4-5-6-11-20-33-28-18-16-24(17-19-28)27(23-32)22-31-29-14-9-7-12-25(29)21-26-13-8-10-15-30(26)31/h7-10,12-19,21-22H,2-6,11,20H2,1H3/b27-22+. The lowest BCUT2D eigenvalue weighted by Crippen LogP contribution is -1.97. The summed E-state index contributed by atoms with van der Waals surface area (Å²) >= 11 is 0. The van der Waals surface area contributed by atoms with Crippen molar-refractivity contribution >= 4 is 33.2 Å². The van der Waals surface area contributed by atoms with Gasteiger partial charge < -0.3 is 4.74 Å². The molecular weight excluding hydrogens is 402 g/mol. The van der Waals surface area contributed by atoms with E-state index in [4.69, 9.17) is 4.74 Å². The van der Waals surface area contributed by atoms with Gasteiger partial charge in [0.15, 0.2) is 0 Å². The SMILES string of the molecule is CCCCCCCCOc1ccc(/C(C#N)=C/c2c3ccccc3cc3ccccc23)cc1. The van der Waals surface area contributed by atoms with Crippen molar-refractivity contribution in [1.29, 1.82) is 5.26 Å². The summed E-state index contributed by atoms with van der Waals surface area (Å²) in [5.74, 6) is 0.861. The van der Waals surface area contributed by atoms with Crippen LogP contribution in [0.3, 0.4) is 0 Å². The highest BCUT2D eigenvalue weighted by molar-refractivity contribution is 6.10. The van der Waals surface area contributed by atoms with E-state index in [1.807, 2.05) is 30.3 Å². The molecule has 0 aliphatic rings. The third-order valence-electron chi connectivity index (χ3n) is 6.15. The molecule has 33 heavy (non-hydrogen) atoms. The van der Waals surface area contributed by atoms with Crippen LogP contribution in [0.15, 0.2) is 78.9 Å². The Morgan fingerprint density at radius 1 is 0.788 bits per heavy atom. The first kappa shape index (κ1) is 22.6. The van der Waals surface area contributed by atoms with Gasteiger partial charge in [-0.2, -0.15) is 5.26 Å². The second-order valence-corrected chi connectivity index (χ2v) is 8.54. The highest BCUT2D eigenvalue weighted by Crippen LogP contribution is 2.32. The molecule has 166 valence electrons. The quantitative estimate of drug-likeness (QED) is 0.108. The van der Waals surface area contributed by atoms with Crippen molar-refractivity contribution in [2.45, 2.75) is 45.4 Å². The molecule has 0 aromatic heterocycles. The number of rotatable bonds is 10. The number of fused-ring (bicyclic) bond motifs is 2. The first-order valence-corrected chi connectivity index (χ1v) is 12.1. The molecule has 0 saturated heterocycles. The Labute approximate surface area is 197 Å². The number of unbranched alkanes of at least 4 members (excludes halogenated alkanes) is 5. The summed E-state index contributed by atoms with van der Waals surface area (Å²) in [6, 6.07) is 29.3. The summed E-state index contributed by atoms with van der Waals surface area (Å²) in [6.45, 7) is 2.98. The number of ether oxygens (including phenoxy) is 1. The second-order valence-electron chi connectivity index (χ2n) is 8.54. The van der Waals surface area contributed by atoms with Crippen LogP contribution in [0.1, 0.15) is 56.6 Å².